The molecule has 9 heteroatoms. The highest BCUT2D eigenvalue weighted by Gasteiger charge is 2.22. The number of carbonyl (C=O) groups excluding carboxylic acids is 3. The Hall–Kier alpha value is -4.35. The number of hydrogen-bond acceptors (Lipinski definition) is 7. The van der Waals surface area contributed by atoms with Crippen LogP contribution in [0.2, 0.25) is 5.02 Å². The number of nitrogens with one attached hydrogen (secondary N) is 1. The van der Waals surface area contributed by atoms with Crippen molar-refractivity contribution in [2.75, 3.05) is 25.6 Å². The van der Waals surface area contributed by atoms with Crippen LogP contribution in [0, 0.1) is 11.3 Å². The molecule has 0 bridgehead atoms. The zero-order chi connectivity index (χ0) is 26.8. The summed E-state index contributed by atoms with van der Waals surface area (Å²) >= 11 is 5.97. The van der Waals surface area contributed by atoms with Gasteiger partial charge < -0.3 is 19.7 Å². The third kappa shape index (κ3) is 7.56. The Morgan fingerprint density at radius 1 is 1.00 bits per heavy atom. The maximum absolute atomic E-state index is 13.3. The highest BCUT2D eigenvalue weighted by atomic mass is 35.5. The van der Waals surface area contributed by atoms with Crippen LogP contribution in [-0.2, 0) is 27.4 Å². The number of ether oxygens (including phenoxy) is 2. The lowest BCUT2D eigenvalue weighted by Gasteiger charge is -2.24. The first kappa shape index (κ1) is 27.2. The van der Waals surface area contributed by atoms with Crippen molar-refractivity contribution in [3.63, 3.8) is 0 Å². The molecule has 3 aromatic carbocycles. The van der Waals surface area contributed by atoms with Crippen molar-refractivity contribution in [3.05, 3.63) is 99.6 Å². The predicted octanol–water partition coefficient (Wildman–Crippen LogP) is 4.82. The minimum atomic E-state index is -0.539. The topological polar surface area (TPSA) is 109 Å². The third-order valence-corrected chi connectivity index (χ3v) is 5.71. The summed E-state index contributed by atoms with van der Waals surface area (Å²) in [4.78, 5) is 39.2. The van der Waals surface area contributed by atoms with Crippen LogP contribution in [-0.4, -0.2) is 43.0 Å². The molecule has 0 saturated heterocycles. The minimum Gasteiger partial charge on any atom is -0.465 e. The van der Waals surface area contributed by atoms with Crippen LogP contribution in [0.4, 0.5) is 5.69 Å². The first-order valence-corrected chi connectivity index (χ1v) is 11.9. The smallest absolute Gasteiger partial charge is 0.337 e. The maximum Gasteiger partial charge on any atom is 0.337 e. The van der Waals surface area contributed by atoms with E-state index in [9.17, 15) is 14.4 Å². The molecule has 0 spiro atoms. The van der Waals surface area contributed by atoms with E-state index in [4.69, 9.17) is 26.3 Å². The molecule has 0 saturated carbocycles. The van der Waals surface area contributed by atoms with E-state index < -0.39 is 11.9 Å². The molecule has 1 amide bonds. The minimum absolute atomic E-state index is 0.0669. The normalized spacial score (nSPS) is 10.2. The lowest BCUT2D eigenvalue weighted by molar-refractivity contribution is -0.143. The summed E-state index contributed by atoms with van der Waals surface area (Å²) in [5, 5.41) is 12.8. The van der Waals surface area contributed by atoms with Gasteiger partial charge in [-0.1, -0.05) is 29.8 Å². The number of carbonyl (C=O) groups is 3. The van der Waals surface area contributed by atoms with E-state index in [1.807, 2.05) is 12.1 Å². The lowest BCUT2D eigenvalue weighted by Crippen LogP contribution is -2.36. The van der Waals surface area contributed by atoms with Gasteiger partial charge in [-0.25, -0.2) is 4.79 Å². The number of benzene rings is 3. The number of esters is 2. The van der Waals surface area contributed by atoms with E-state index in [-0.39, 0.29) is 25.6 Å². The molecular formula is C28H26ClN3O5. The van der Waals surface area contributed by atoms with Gasteiger partial charge in [0, 0.05) is 29.4 Å². The Morgan fingerprint density at radius 2 is 1.68 bits per heavy atom. The van der Waals surface area contributed by atoms with Crippen LogP contribution in [0.3, 0.4) is 0 Å². The number of nitrogens with zero attached hydrogens (tertiary/aromatic N) is 2. The number of halogens is 1. The first-order chi connectivity index (χ1) is 17.8. The van der Waals surface area contributed by atoms with Gasteiger partial charge >= 0.3 is 11.9 Å². The molecule has 0 aromatic heterocycles. The fourth-order valence-corrected chi connectivity index (χ4v) is 3.69. The molecule has 1 N–H and O–H groups in total. The predicted molar refractivity (Wildman–Crippen MR) is 139 cm³/mol. The fraction of sp³-hybridized carbons (Fsp3) is 0.214. The molecule has 0 unspecified atom stereocenters. The second-order valence-electron chi connectivity index (χ2n) is 8.00. The van der Waals surface area contributed by atoms with Crippen LogP contribution in [0.1, 0.15) is 44.3 Å². The highest BCUT2D eigenvalue weighted by molar-refractivity contribution is 6.30. The van der Waals surface area contributed by atoms with Crippen molar-refractivity contribution >= 4 is 35.1 Å². The summed E-state index contributed by atoms with van der Waals surface area (Å²) in [5.74, 6) is -1.42. The van der Waals surface area contributed by atoms with E-state index in [0.717, 1.165) is 5.56 Å². The zero-order valence-electron chi connectivity index (χ0n) is 20.5. The SMILES string of the molecule is CCOC(=O)CN(Cc1ccc(C(=O)OC)cc1NCc1ccc(C#N)cc1)C(=O)c1ccc(Cl)cc1. The van der Waals surface area contributed by atoms with Gasteiger partial charge in [0.15, 0.2) is 0 Å². The van der Waals surface area contributed by atoms with Crippen molar-refractivity contribution in [3.8, 4) is 6.07 Å². The maximum atomic E-state index is 13.3. The number of anilines is 1. The Kier molecular flexibility index (Phi) is 9.64. The molecule has 0 fully saturated rings. The van der Waals surface area contributed by atoms with Crippen molar-refractivity contribution in [1.82, 2.24) is 4.90 Å². The molecule has 0 atom stereocenters. The summed E-state index contributed by atoms with van der Waals surface area (Å²) in [7, 11) is 1.30. The van der Waals surface area contributed by atoms with E-state index in [1.54, 1.807) is 61.5 Å². The molecule has 8 nitrogen and oxygen atoms in total. The average molecular weight is 520 g/mol. The van der Waals surface area contributed by atoms with Crippen LogP contribution in [0.5, 0.6) is 0 Å². The van der Waals surface area contributed by atoms with E-state index in [2.05, 4.69) is 11.4 Å². The van der Waals surface area contributed by atoms with E-state index in [0.29, 0.717) is 39.5 Å². The second-order valence-corrected chi connectivity index (χ2v) is 8.44. The summed E-state index contributed by atoms with van der Waals surface area (Å²) in [6.45, 7) is 2.08. The largest absolute Gasteiger partial charge is 0.465 e. The number of rotatable bonds is 10. The van der Waals surface area contributed by atoms with Crippen molar-refractivity contribution < 1.29 is 23.9 Å². The molecule has 0 radical (unpaired) electrons. The number of hydrogen-bond donors (Lipinski definition) is 1. The van der Waals surface area contributed by atoms with Crippen LogP contribution >= 0.6 is 11.6 Å². The van der Waals surface area contributed by atoms with Gasteiger partial charge in [0.05, 0.1) is 30.9 Å². The number of nitriles is 1. The van der Waals surface area contributed by atoms with Crippen molar-refractivity contribution in [1.29, 1.82) is 5.26 Å². The molecule has 3 rings (SSSR count). The first-order valence-electron chi connectivity index (χ1n) is 11.5. The quantitative estimate of drug-likeness (QED) is 0.382. The Balaban J connectivity index is 1.92. The molecule has 0 aliphatic carbocycles. The fourth-order valence-electron chi connectivity index (χ4n) is 3.56. The van der Waals surface area contributed by atoms with Crippen LogP contribution in [0.25, 0.3) is 0 Å². The Bertz CT molecular complexity index is 1300. The standard InChI is InChI=1S/C28H26ClN3O5/c1-3-37-26(33)18-32(27(34)21-10-12-24(29)13-11-21)17-23-9-8-22(28(35)36-2)14-25(23)31-16-20-6-4-19(15-30)5-7-20/h4-14,31H,3,16-18H2,1-2H3. The number of amides is 1. The summed E-state index contributed by atoms with van der Waals surface area (Å²) < 4.78 is 9.93. The van der Waals surface area contributed by atoms with Crippen LogP contribution in [0.15, 0.2) is 66.7 Å². The summed E-state index contributed by atoms with van der Waals surface area (Å²) in [5.41, 5.74) is 3.42. The molecule has 190 valence electrons. The van der Waals surface area contributed by atoms with Crippen LogP contribution < -0.4 is 5.32 Å². The molecule has 3 aromatic rings. The van der Waals surface area contributed by atoms with E-state index >= 15 is 0 Å². The zero-order valence-corrected chi connectivity index (χ0v) is 21.2. The Morgan fingerprint density at radius 3 is 2.30 bits per heavy atom. The van der Waals surface area contributed by atoms with Gasteiger partial charge in [0.2, 0.25) is 0 Å². The average Bonchev–Trinajstić information content (AvgIpc) is 2.92. The number of methoxy groups -OCH3 is 1. The second kappa shape index (κ2) is 13.1. The van der Waals surface area contributed by atoms with Gasteiger partial charge in [-0.15, -0.1) is 0 Å². The van der Waals surface area contributed by atoms with Gasteiger partial charge in [0.25, 0.3) is 5.91 Å². The van der Waals surface area contributed by atoms with Gasteiger partial charge in [-0.05, 0) is 66.6 Å². The monoisotopic (exact) mass is 519 g/mol. The molecule has 0 aliphatic rings. The Labute approximate surface area is 220 Å². The summed E-state index contributed by atoms with van der Waals surface area (Å²) in [6.07, 6.45) is 0. The van der Waals surface area contributed by atoms with Gasteiger partial charge in [0.1, 0.15) is 6.54 Å². The molecule has 0 aliphatic heterocycles. The summed E-state index contributed by atoms with van der Waals surface area (Å²) in [6, 6.07) is 20.5. The molecule has 0 heterocycles. The van der Waals surface area contributed by atoms with Gasteiger partial charge in [-0.2, -0.15) is 5.26 Å². The molecule has 37 heavy (non-hydrogen) atoms. The van der Waals surface area contributed by atoms with Crippen molar-refractivity contribution in [2.45, 2.75) is 20.0 Å². The lowest BCUT2D eigenvalue weighted by atomic mass is 10.1. The van der Waals surface area contributed by atoms with Gasteiger partial charge in [-0.3, -0.25) is 9.59 Å². The third-order valence-electron chi connectivity index (χ3n) is 5.46. The highest BCUT2D eigenvalue weighted by Crippen LogP contribution is 2.23. The van der Waals surface area contributed by atoms with E-state index in [1.165, 1.54) is 12.0 Å². The van der Waals surface area contributed by atoms with Crippen molar-refractivity contribution in [2.24, 2.45) is 0 Å². The molecular weight excluding hydrogens is 494 g/mol.